The summed E-state index contributed by atoms with van der Waals surface area (Å²) in [6, 6.07) is 8.34. The van der Waals surface area contributed by atoms with Gasteiger partial charge in [-0.25, -0.2) is 4.99 Å². The van der Waals surface area contributed by atoms with Gasteiger partial charge in [-0.2, -0.15) is 0 Å². The number of nitrogens with one attached hydrogen (secondary N) is 1. The van der Waals surface area contributed by atoms with E-state index in [1.54, 1.807) is 14.2 Å². The van der Waals surface area contributed by atoms with Crippen LogP contribution in [0.25, 0.3) is 0 Å². The largest absolute Gasteiger partial charge is 0.385 e. The summed E-state index contributed by atoms with van der Waals surface area (Å²) in [7, 11) is 3.46. The minimum atomic E-state index is 0.350. The van der Waals surface area contributed by atoms with Crippen molar-refractivity contribution in [3.63, 3.8) is 0 Å². The first-order chi connectivity index (χ1) is 13.3. The molecule has 27 heavy (non-hydrogen) atoms. The van der Waals surface area contributed by atoms with Crippen LogP contribution in [0.5, 0.6) is 0 Å². The Morgan fingerprint density at radius 2 is 1.85 bits per heavy atom. The molecule has 0 aromatic heterocycles. The Bertz CT molecular complexity index is 557. The Hall–Kier alpha value is -1.63. The maximum Gasteiger partial charge on any atom is 0.194 e. The van der Waals surface area contributed by atoms with Crippen molar-refractivity contribution in [2.75, 3.05) is 47.1 Å². The minimum absolute atomic E-state index is 0.350. The average Bonchev–Trinajstić information content (AvgIpc) is 2.70. The first kappa shape index (κ1) is 21.7. The van der Waals surface area contributed by atoms with Crippen LogP contribution in [0.15, 0.2) is 29.3 Å². The van der Waals surface area contributed by atoms with Gasteiger partial charge in [-0.05, 0) is 37.3 Å². The van der Waals surface area contributed by atoms with Crippen molar-refractivity contribution in [1.29, 1.82) is 0 Å². The molecule has 0 atom stereocenters. The van der Waals surface area contributed by atoms with Crippen LogP contribution in [-0.4, -0.2) is 64.0 Å². The Kier molecular flexibility index (Phi) is 10.2. The lowest BCUT2D eigenvalue weighted by atomic mass is 10.1. The molecule has 1 aliphatic heterocycles. The van der Waals surface area contributed by atoms with Gasteiger partial charge in [0.2, 0.25) is 0 Å². The van der Waals surface area contributed by atoms with Crippen molar-refractivity contribution in [2.24, 2.45) is 4.99 Å². The second kappa shape index (κ2) is 12.7. The molecule has 1 N–H and O–H groups in total. The summed E-state index contributed by atoms with van der Waals surface area (Å²) in [5.41, 5.74) is 2.41. The molecule has 1 fully saturated rings. The van der Waals surface area contributed by atoms with E-state index in [-0.39, 0.29) is 0 Å². The smallest absolute Gasteiger partial charge is 0.194 e. The fourth-order valence-corrected chi connectivity index (χ4v) is 3.28. The first-order valence-electron chi connectivity index (χ1n) is 9.98. The lowest BCUT2D eigenvalue weighted by Gasteiger charge is -2.34. The molecule has 0 radical (unpaired) electrons. The predicted molar refractivity (Wildman–Crippen MR) is 109 cm³/mol. The summed E-state index contributed by atoms with van der Waals surface area (Å²) in [6.07, 6.45) is 3.39. The van der Waals surface area contributed by atoms with Crippen molar-refractivity contribution in [2.45, 2.75) is 45.4 Å². The van der Waals surface area contributed by atoms with Crippen molar-refractivity contribution >= 4 is 5.96 Å². The van der Waals surface area contributed by atoms with Gasteiger partial charge in [-0.3, -0.25) is 0 Å². The van der Waals surface area contributed by atoms with E-state index in [1.807, 2.05) is 6.07 Å². The number of piperidine rings is 1. The van der Waals surface area contributed by atoms with E-state index in [2.05, 4.69) is 35.3 Å². The van der Waals surface area contributed by atoms with Crippen LogP contribution >= 0.6 is 0 Å². The molecule has 1 aromatic carbocycles. The van der Waals surface area contributed by atoms with E-state index in [9.17, 15) is 0 Å². The summed E-state index contributed by atoms with van der Waals surface area (Å²) < 4.78 is 16.3. The number of rotatable bonds is 10. The molecule has 0 saturated carbocycles. The zero-order valence-electron chi connectivity index (χ0n) is 17.1. The number of nitrogens with zero attached hydrogens (tertiary/aromatic N) is 2. The van der Waals surface area contributed by atoms with Gasteiger partial charge >= 0.3 is 0 Å². The van der Waals surface area contributed by atoms with Gasteiger partial charge in [-0.15, -0.1) is 0 Å². The van der Waals surface area contributed by atoms with Gasteiger partial charge in [0.1, 0.15) is 0 Å². The number of guanidine groups is 1. The fourth-order valence-electron chi connectivity index (χ4n) is 3.28. The number of benzene rings is 1. The van der Waals surface area contributed by atoms with E-state index in [0.717, 1.165) is 58.1 Å². The normalized spacial score (nSPS) is 16.0. The second-order valence-electron chi connectivity index (χ2n) is 6.78. The van der Waals surface area contributed by atoms with Crippen LogP contribution in [-0.2, 0) is 27.4 Å². The number of methoxy groups -OCH3 is 2. The summed E-state index contributed by atoms with van der Waals surface area (Å²) >= 11 is 0. The standard InChI is InChI=1S/C21H35N3O3/c1-4-22-21(23-16-18-8-5-6-9-19(18)17-26-3)24-12-10-20(11-13-24)27-15-7-14-25-2/h5-6,8-9,20H,4,7,10-17H2,1-3H3,(H,22,23). The van der Waals surface area contributed by atoms with Gasteiger partial charge in [-0.1, -0.05) is 24.3 Å². The van der Waals surface area contributed by atoms with Crippen molar-refractivity contribution in [3.8, 4) is 0 Å². The van der Waals surface area contributed by atoms with Crippen LogP contribution < -0.4 is 5.32 Å². The summed E-state index contributed by atoms with van der Waals surface area (Å²) in [6.45, 7) is 7.75. The molecule has 6 heteroatoms. The molecule has 1 heterocycles. The van der Waals surface area contributed by atoms with Gasteiger partial charge in [0.25, 0.3) is 0 Å². The summed E-state index contributed by atoms with van der Waals surface area (Å²) in [5.74, 6) is 0.988. The zero-order chi connectivity index (χ0) is 19.3. The third-order valence-corrected chi connectivity index (χ3v) is 4.74. The van der Waals surface area contributed by atoms with E-state index in [0.29, 0.717) is 19.3 Å². The molecule has 0 aliphatic carbocycles. The van der Waals surface area contributed by atoms with Gasteiger partial charge in [0, 0.05) is 47.1 Å². The Morgan fingerprint density at radius 3 is 2.52 bits per heavy atom. The molecule has 152 valence electrons. The average molecular weight is 378 g/mol. The monoisotopic (exact) mass is 377 g/mol. The third-order valence-electron chi connectivity index (χ3n) is 4.74. The minimum Gasteiger partial charge on any atom is -0.385 e. The molecule has 2 rings (SSSR count). The van der Waals surface area contributed by atoms with Crippen molar-refractivity contribution in [3.05, 3.63) is 35.4 Å². The molecule has 6 nitrogen and oxygen atoms in total. The van der Waals surface area contributed by atoms with E-state index < -0.39 is 0 Å². The van der Waals surface area contributed by atoms with E-state index in [4.69, 9.17) is 19.2 Å². The molecule has 1 aliphatic rings. The van der Waals surface area contributed by atoms with Crippen LogP contribution in [0.4, 0.5) is 0 Å². The van der Waals surface area contributed by atoms with Gasteiger partial charge in [0.15, 0.2) is 5.96 Å². The Morgan fingerprint density at radius 1 is 1.11 bits per heavy atom. The number of hydrogen-bond acceptors (Lipinski definition) is 4. The number of hydrogen-bond donors (Lipinski definition) is 1. The quantitative estimate of drug-likeness (QED) is 0.386. The second-order valence-corrected chi connectivity index (χ2v) is 6.78. The van der Waals surface area contributed by atoms with Crippen molar-refractivity contribution in [1.82, 2.24) is 10.2 Å². The third kappa shape index (κ3) is 7.48. The molecular formula is C21H35N3O3. The maximum absolute atomic E-state index is 5.96. The number of ether oxygens (including phenoxy) is 3. The number of aliphatic imine (C=N–C) groups is 1. The molecular weight excluding hydrogens is 342 g/mol. The lowest BCUT2D eigenvalue weighted by molar-refractivity contribution is 0.00990. The molecule has 0 amide bonds. The zero-order valence-corrected chi connectivity index (χ0v) is 17.1. The number of likely N-dealkylation sites (tertiary alicyclic amines) is 1. The molecule has 1 aromatic rings. The Balaban J connectivity index is 1.89. The molecule has 0 unspecified atom stereocenters. The van der Waals surface area contributed by atoms with Crippen molar-refractivity contribution < 1.29 is 14.2 Å². The Labute approximate surface area is 163 Å². The maximum atomic E-state index is 5.96. The van der Waals surface area contributed by atoms with E-state index in [1.165, 1.54) is 11.1 Å². The highest BCUT2D eigenvalue weighted by atomic mass is 16.5. The van der Waals surface area contributed by atoms with Gasteiger partial charge in [0.05, 0.1) is 19.3 Å². The summed E-state index contributed by atoms with van der Waals surface area (Å²) in [4.78, 5) is 7.23. The molecule has 0 bridgehead atoms. The first-order valence-corrected chi connectivity index (χ1v) is 9.98. The van der Waals surface area contributed by atoms with Crippen LogP contribution in [0, 0.1) is 0 Å². The van der Waals surface area contributed by atoms with Crippen LogP contribution in [0.2, 0.25) is 0 Å². The fraction of sp³-hybridized carbons (Fsp3) is 0.667. The highest BCUT2D eigenvalue weighted by molar-refractivity contribution is 5.80. The molecule has 1 saturated heterocycles. The highest BCUT2D eigenvalue weighted by Gasteiger charge is 2.21. The topological polar surface area (TPSA) is 55.3 Å². The van der Waals surface area contributed by atoms with E-state index >= 15 is 0 Å². The van der Waals surface area contributed by atoms with Crippen LogP contribution in [0.3, 0.4) is 0 Å². The predicted octanol–water partition coefficient (Wildman–Crippen LogP) is 2.82. The lowest BCUT2D eigenvalue weighted by Crippen LogP contribution is -2.47. The summed E-state index contributed by atoms with van der Waals surface area (Å²) in [5, 5.41) is 3.44. The highest BCUT2D eigenvalue weighted by Crippen LogP contribution is 2.16. The SMILES string of the molecule is CCNC(=NCc1ccccc1COC)N1CCC(OCCCOC)CC1. The van der Waals surface area contributed by atoms with Crippen LogP contribution in [0.1, 0.15) is 37.3 Å². The van der Waals surface area contributed by atoms with Gasteiger partial charge < -0.3 is 24.4 Å². The molecule has 0 spiro atoms.